The molecule has 2 aliphatic carbocycles. The van der Waals surface area contributed by atoms with E-state index in [4.69, 9.17) is 0 Å². The topological polar surface area (TPSA) is 49.4 Å². The average Bonchev–Trinajstić information content (AvgIpc) is 3.09. The fourth-order valence-electron chi connectivity index (χ4n) is 3.41. The second-order valence-corrected chi connectivity index (χ2v) is 6.58. The number of hydrogen-bond donors (Lipinski definition) is 1. The van der Waals surface area contributed by atoms with Crippen LogP contribution in [-0.4, -0.2) is 34.3 Å². The standard InChI is InChI=1S/C14H22N2O2/c1-13(7-3-8-13)16-9-6-11(17)15-14(2,12(16)18)10-4-5-10/h10H,3-9H2,1-2H3,(H,15,17). The predicted molar refractivity (Wildman–Crippen MR) is 67.9 cm³/mol. The van der Waals surface area contributed by atoms with Crippen molar-refractivity contribution in [3.05, 3.63) is 0 Å². The maximum Gasteiger partial charge on any atom is 0.248 e. The van der Waals surface area contributed by atoms with E-state index in [-0.39, 0.29) is 17.4 Å². The van der Waals surface area contributed by atoms with Gasteiger partial charge in [-0.3, -0.25) is 9.59 Å². The Hall–Kier alpha value is -1.06. The summed E-state index contributed by atoms with van der Waals surface area (Å²) in [5, 5.41) is 2.99. The summed E-state index contributed by atoms with van der Waals surface area (Å²) in [6.45, 7) is 4.67. The van der Waals surface area contributed by atoms with Crippen molar-refractivity contribution < 1.29 is 9.59 Å². The highest BCUT2D eigenvalue weighted by Gasteiger charge is 2.54. The Labute approximate surface area is 108 Å². The van der Waals surface area contributed by atoms with Crippen LogP contribution < -0.4 is 5.32 Å². The molecule has 2 amide bonds. The van der Waals surface area contributed by atoms with Gasteiger partial charge in [0.1, 0.15) is 5.54 Å². The number of nitrogens with zero attached hydrogens (tertiary/aromatic N) is 1. The van der Waals surface area contributed by atoms with Gasteiger partial charge in [0, 0.05) is 18.5 Å². The molecule has 3 rings (SSSR count). The van der Waals surface area contributed by atoms with Crippen LogP contribution in [0.15, 0.2) is 0 Å². The number of carbonyl (C=O) groups is 2. The molecule has 3 fully saturated rings. The molecule has 1 atom stereocenters. The second kappa shape index (κ2) is 3.72. The van der Waals surface area contributed by atoms with Crippen molar-refractivity contribution in [2.24, 2.45) is 5.92 Å². The van der Waals surface area contributed by atoms with Crippen LogP contribution in [0.1, 0.15) is 52.4 Å². The summed E-state index contributed by atoms with van der Waals surface area (Å²) < 4.78 is 0. The van der Waals surface area contributed by atoms with Crippen molar-refractivity contribution >= 4 is 11.8 Å². The van der Waals surface area contributed by atoms with Crippen LogP contribution in [0.4, 0.5) is 0 Å². The third kappa shape index (κ3) is 1.65. The first-order chi connectivity index (χ1) is 8.46. The molecular weight excluding hydrogens is 228 g/mol. The van der Waals surface area contributed by atoms with Crippen LogP contribution in [0.5, 0.6) is 0 Å². The zero-order chi connectivity index (χ0) is 13.0. The van der Waals surface area contributed by atoms with Crippen molar-refractivity contribution in [1.82, 2.24) is 10.2 Å². The van der Waals surface area contributed by atoms with Gasteiger partial charge in [-0.05, 0) is 51.9 Å². The molecule has 1 saturated heterocycles. The minimum Gasteiger partial charge on any atom is -0.342 e. The highest BCUT2D eigenvalue weighted by atomic mass is 16.2. The van der Waals surface area contributed by atoms with Crippen molar-refractivity contribution in [3.63, 3.8) is 0 Å². The lowest BCUT2D eigenvalue weighted by Crippen LogP contribution is -2.63. The molecule has 4 nitrogen and oxygen atoms in total. The monoisotopic (exact) mass is 250 g/mol. The Morgan fingerprint density at radius 3 is 2.39 bits per heavy atom. The van der Waals surface area contributed by atoms with Crippen LogP contribution in [0.3, 0.4) is 0 Å². The summed E-state index contributed by atoms with van der Waals surface area (Å²) in [4.78, 5) is 26.7. The summed E-state index contributed by atoms with van der Waals surface area (Å²) in [6.07, 6.45) is 5.92. The fourth-order valence-corrected chi connectivity index (χ4v) is 3.41. The van der Waals surface area contributed by atoms with Crippen molar-refractivity contribution in [2.45, 2.75) is 63.5 Å². The molecule has 1 unspecified atom stereocenters. The van der Waals surface area contributed by atoms with E-state index >= 15 is 0 Å². The first-order valence-corrected chi connectivity index (χ1v) is 7.09. The minimum atomic E-state index is -0.647. The van der Waals surface area contributed by atoms with Gasteiger partial charge in [-0.15, -0.1) is 0 Å². The molecule has 0 aromatic carbocycles. The van der Waals surface area contributed by atoms with Crippen LogP contribution in [0, 0.1) is 5.92 Å². The van der Waals surface area contributed by atoms with E-state index in [1.54, 1.807) is 0 Å². The van der Waals surface area contributed by atoms with E-state index in [0.717, 1.165) is 25.7 Å². The Bertz CT molecular complexity index is 399. The number of rotatable bonds is 2. The minimum absolute atomic E-state index is 0.000463. The van der Waals surface area contributed by atoms with Crippen LogP contribution in [0.25, 0.3) is 0 Å². The first-order valence-electron chi connectivity index (χ1n) is 7.09. The summed E-state index contributed by atoms with van der Waals surface area (Å²) in [5.74, 6) is 0.527. The Morgan fingerprint density at radius 1 is 1.22 bits per heavy atom. The molecule has 100 valence electrons. The van der Waals surface area contributed by atoms with Crippen molar-refractivity contribution in [2.75, 3.05) is 6.54 Å². The second-order valence-electron chi connectivity index (χ2n) is 6.58. The quantitative estimate of drug-likeness (QED) is 0.806. The molecule has 3 aliphatic rings. The lowest BCUT2D eigenvalue weighted by atomic mass is 9.76. The average molecular weight is 250 g/mol. The SMILES string of the molecule is CC1(C2CC2)NC(=O)CCN(C2(C)CCC2)C1=O. The largest absolute Gasteiger partial charge is 0.342 e. The lowest BCUT2D eigenvalue weighted by molar-refractivity contribution is -0.147. The molecule has 0 aromatic rings. The van der Waals surface area contributed by atoms with E-state index < -0.39 is 5.54 Å². The maximum absolute atomic E-state index is 12.8. The maximum atomic E-state index is 12.8. The molecule has 0 radical (unpaired) electrons. The Balaban J connectivity index is 1.90. The van der Waals surface area contributed by atoms with E-state index in [1.165, 1.54) is 6.42 Å². The predicted octanol–water partition coefficient (Wildman–Crippen LogP) is 1.45. The summed E-state index contributed by atoms with van der Waals surface area (Å²) in [6, 6.07) is 0. The van der Waals surface area contributed by atoms with Gasteiger partial charge in [0.05, 0.1) is 0 Å². The van der Waals surface area contributed by atoms with Gasteiger partial charge in [0.15, 0.2) is 0 Å². The van der Waals surface area contributed by atoms with Gasteiger partial charge in [-0.2, -0.15) is 0 Å². The van der Waals surface area contributed by atoms with Gasteiger partial charge in [-0.25, -0.2) is 0 Å². The molecule has 1 N–H and O–H groups in total. The molecule has 0 bridgehead atoms. The fraction of sp³-hybridized carbons (Fsp3) is 0.857. The molecule has 4 heteroatoms. The van der Waals surface area contributed by atoms with Gasteiger partial charge in [0.2, 0.25) is 11.8 Å². The van der Waals surface area contributed by atoms with E-state index in [0.29, 0.717) is 18.9 Å². The molecule has 18 heavy (non-hydrogen) atoms. The number of hydrogen-bond acceptors (Lipinski definition) is 2. The number of nitrogens with one attached hydrogen (secondary N) is 1. The van der Waals surface area contributed by atoms with E-state index in [1.807, 2.05) is 11.8 Å². The van der Waals surface area contributed by atoms with Crippen molar-refractivity contribution in [1.29, 1.82) is 0 Å². The van der Waals surface area contributed by atoms with E-state index in [2.05, 4.69) is 12.2 Å². The highest BCUT2D eigenvalue weighted by molar-refractivity contribution is 5.94. The number of amides is 2. The first kappa shape index (κ1) is 12.0. The smallest absolute Gasteiger partial charge is 0.248 e. The molecule has 1 aliphatic heterocycles. The zero-order valence-electron chi connectivity index (χ0n) is 11.3. The van der Waals surface area contributed by atoms with Crippen LogP contribution in [-0.2, 0) is 9.59 Å². The normalized spacial score (nSPS) is 35.8. The third-order valence-corrected chi connectivity index (χ3v) is 5.13. The van der Waals surface area contributed by atoms with Gasteiger partial charge < -0.3 is 10.2 Å². The third-order valence-electron chi connectivity index (χ3n) is 5.13. The lowest BCUT2D eigenvalue weighted by Gasteiger charge is -2.49. The molecule has 0 spiro atoms. The molecule has 1 heterocycles. The van der Waals surface area contributed by atoms with Crippen LogP contribution in [0.2, 0.25) is 0 Å². The molecule has 0 aromatic heterocycles. The highest BCUT2D eigenvalue weighted by Crippen LogP contribution is 2.45. The van der Waals surface area contributed by atoms with E-state index in [9.17, 15) is 9.59 Å². The zero-order valence-corrected chi connectivity index (χ0v) is 11.3. The number of carbonyl (C=O) groups excluding carboxylic acids is 2. The molecule has 2 saturated carbocycles. The van der Waals surface area contributed by atoms with Gasteiger partial charge in [-0.1, -0.05) is 0 Å². The van der Waals surface area contributed by atoms with Gasteiger partial charge in [0.25, 0.3) is 0 Å². The Morgan fingerprint density at radius 2 is 1.89 bits per heavy atom. The molecular formula is C14H22N2O2. The summed E-state index contributed by atoms with van der Waals surface area (Å²) >= 11 is 0. The summed E-state index contributed by atoms with van der Waals surface area (Å²) in [7, 11) is 0. The van der Waals surface area contributed by atoms with Crippen LogP contribution >= 0.6 is 0 Å². The van der Waals surface area contributed by atoms with Crippen molar-refractivity contribution in [3.8, 4) is 0 Å². The Kier molecular flexibility index (Phi) is 2.48. The van der Waals surface area contributed by atoms with Gasteiger partial charge >= 0.3 is 0 Å². The summed E-state index contributed by atoms with van der Waals surface area (Å²) in [5.41, 5.74) is -0.647.